The van der Waals surface area contributed by atoms with Gasteiger partial charge < -0.3 is 19.7 Å². The minimum absolute atomic E-state index is 0.00224. The normalized spacial score (nSPS) is 16.2. The number of nitrogens with one attached hydrogen (secondary N) is 1. The van der Waals surface area contributed by atoms with Gasteiger partial charge in [0.25, 0.3) is 0 Å². The van der Waals surface area contributed by atoms with Gasteiger partial charge in [-0.05, 0) is 25.0 Å². The third-order valence-electron chi connectivity index (χ3n) is 4.24. The molecule has 1 aliphatic rings. The minimum atomic E-state index is -4.52. The van der Waals surface area contributed by atoms with Crippen LogP contribution in [0.5, 0.6) is 5.88 Å². The molecule has 1 aliphatic heterocycles. The smallest absolute Gasteiger partial charge is 0.421 e. The molecule has 0 radical (unpaired) electrons. The number of aliphatic imine (C=N–C) groups is 1. The van der Waals surface area contributed by atoms with Crippen molar-refractivity contribution >= 4 is 11.9 Å². The van der Waals surface area contributed by atoms with Crippen LogP contribution in [-0.2, 0) is 15.7 Å². The van der Waals surface area contributed by atoms with Crippen molar-refractivity contribution in [2.24, 2.45) is 10.9 Å². The molecule has 10 heteroatoms. The lowest BCUT2D eigenvalue weighted by molar-refractivity contribution is -0.146. The molecule has 0 aliphatic carbocycles. The summed E-state index contributed by atoms with van der Waals surface area (Å²) in [6, 6.07) is 2.15. The molecule has 0 atom stereocenters. The van der Waals surface area contributed by atoms with E-state index in [1.165, 1.54) is 19.4 Å². The van der Waals surface area contributed by atoms with Crippen LogP contribution in [0.4, 0.5) is 13.2 Å². The second-order valence-corrected chi connectivity index (χ2v) is 5.96. The van der Waals surface area contributed by atoms with Crippen LogP contribution in [-0.4, -0.2) is 62.2 Å². The Morgan fingerprint density at radius 1 is 1.41 bits per heavy atom. The summed E-state index contributed by atoms with van der Waals surface area (Å²) in [7, 11) is 3.00. The zero-order valence-corrected chi connectivity index (χ0v) is 15.3. The molecule has 0 spiro atoms. The molecule has 0 unspecified atom stereocenters. The summed E-state index contributed by atoms with van der Waals surface area (Å²) >= 11 is 0. The number of halogens is 3. The van der Waals surface area contributed by atoms with E-state index in [0.29, 0.717) is 31.9 Å². The summed E-state index contributed by atoms with van der Waals surface area (Å²) in [5, 5.41) is 3.05. The fraction of sp³-hybridized carbons (Fsp3) is 0.588. The number of carbonyl (C=O) groups excluding carboxylic acids is 1. The fourth-order valence-corrected chi connectivity index (χ4v) is 2.86. The first-order chi connectivity index (χ1) is 12.9. The lowest BCUT2D eigenvalue weighted by atomic mass is 9.97. The SMILES string of the molecule is CN=C(NCCOc1ncccc1C(F)(F)F)N1CCC(C(=O)OC)CC1. The first kappa shape index (κ1) is 20.8. The van der Waals surface area contributed by atoms with Crippen molar-refractivity contribution in [3.8, 4) is 5.88 Å². The number of nitrogens with zero attached hydrogens (tertiary/aromatic N) is 3. The predicted octanol–water partition coefficient (Wildman–Crippen LogP) is 1.94. The van der Waals surface area contributed by atoms with Crippen LogP contribution in [0.25, 0.3) is 0 Å². The first-order valence-corrected chi connectivity index (χ1v) is 8.55. The van der Waals surface area contributed by atoms with Gasteiger partial charge >= 0.3 is 12.1 Å². The van der Waals surface area contributed by atoms with Crippen LogP contribution in [0, 0.1) is 5.92 Å². The summed E-state index contributed by atoms with van der Waals surface area (Å²) in [5.74, 6) is -0.154. The number of ether oxygens (including phenoxy) is 2. The average Bonchev–Trinajstić information content (AvgIpc) is 2.67. The number of aromatic nitrogens is 1. The standard InChI is InChI=1S/C17H23F3N4O3/c1-21-16(24-9-5-12(6-10-24)15(25)26-2)23-8-11-27-14-13(17(18,19)20)4-3-7-22-14/h3-4,7,12H,5-6,8-11H2,1-2H3,(H,21,23). The molecule has 2 heterocycles. The number of esters is 1. The molecular weight excluding hydrogens is 365 g/mol. The molecule has 2 rings (SSSR count). The van der Waals surface area contributed by atoms with Crippen molar-refractivity contribution in [2.75, 3.05) is 40.4 Å². The van der Waals surface area contributed by atoms with Crippen molar-refractivity contribution in [1.82, 2.24) is 15.2 Å². The van der Waals surface area contributed by atoms with E-state index in [1.54, 1.807) is 7.05 Å². The second-order valence-electron chi connectivity index (χ2n) is 5.96. The van der Waals surface area contributed by atoms with Gasteiger partial charge in [-0.15, -0.1) is 0 Å². The van der Waals surface area contributed by atoms with Gasteiger partial charge in [0.15, 0.2) is 5.96 Å². The largest absolute Gasteiger partial charge is 0.475 e. The molecule has 1 aromatic heterocycles. The van der Waals surface area contributed by atoms with Gasteiger partial charge in [-0.3, -0.25) is 9.79 Å². The zero-order valence-electron chi connectivity index (χ0n) is 15.3. The number of hydrogen-bond donors (Lipinski definition) is 1. The van der Waals surface area contributed by atoms with Gasteiger partial charge in [-0.2, -0.15) is 13.2 Å². The Kier molecular flexibility index (Phi) is 7.26. The molecule has 1 fully saturated rings. The van der Waals surface area contributed by atoms with Crippen LogP contribution in [0.3, 0.4) is 0 Å². The number of rotatable bonds is 5. The van der Waals surface area contributed by atoms with E-state index in [4.69, 9.17) is 9.47 Å². The molecule has 0 saturated carbocycles. The molecule has 0 aromatic carbocycles. The Morgan fingerprint density at radius 3 is 2.70 bits per heavy atom. The van der Waals surface area contributed by atoms with Crippen molar-refractivity contribution < 1.29 is 27.4 Å². The van der Waals surface area contributed by atoms with Gasteiger partial charge in [-0.1, -0.05) is 0 Å². The fourth-order valence-electron chi connectivity index (χ4n) is 2.86. The number of guanidine groups is 1. The molecule has 27 heavy (non-hydrogen) atoms. The Labute approximate surface area is 155 Å². The summed E-state index contributed by atoms with van der Waals surface area (Å²) < 4.78 is 48.7. The zero-order chi connectivity index (χ0) is 19.9. The number of alkyl halides is 3. The first-order valence-electron chi connectivity index (χ1n) is 8.55. The van der Waals surface area contributed by atoms with Gasteiger partial charge in [0.2, 0.25) is 5.88 Å². The van der Waals surface area contributed by atoms with Crippen LogP contribution in [0.1, 0.15) is 18.4 Å². The number of likely N-dealkylation sites (tertiary alicyclic amines) is 1. The molecule has 1 saturated heterocycles. The van der Waals surface area contributed by atoms with E-state index in [1.807, 2.05) is 4.90 Å². The Hall–Kier alpha value is -2.52. The lowest BCUT2D eigenvalue weighted by Gasteiger charge is -2.33. The quantitative estimate of drug-likeness (QED) is 0.360. The maximum Gasteiger partial charge on any atom is 0.421 e. The van der Waals surface area contributed by atoms with Gasteiger partial charge in [0, 0.05) is 26.3 Å². The number of carbonyl (C=O) groups is 1. The van der Waals surface area contributed by atoms with E-state index in [0.717, 1.165) is 6.07 Å². The highest BCUT2D eigenvalue weighted by atomic mass is 19.4. The van der Waals surface area contributed by atoms with E-state index in [9.17, 15) is 18.0 Å². The van der Waals surface area contributed by atoms with Crippen LogP contribution in [0.15, 0.2) is 23.3 Å². The van der Waals surface area contributed by atoms with Crippen molar-refractivity contribution in [1.29, 1.82) is 0 Å². The molecule has 1 aromatic rings. The summed E-state index contributed by atoms with van der Waals surface area (Å²) in [4.78, 5) is 21.4. The highest BCUT2D eigenvalue weighted by Crippen LogP contribution is 2.34. The summed E-state index contributed by atoms with van der Waals surface area (Å²) in [6.07, 6.45) is -1.95. The molecular formula is C17H23F3N4O3. The van der Waals surface area contributed by atoms with Crippen LogP contribution < -0.4 is 10.1 Å². The molecule has 7 nitrogen and oxygen atoms in total. The number of pyridine rings is 1. The van der Waals surface area contributed by atoms with Gasteiger partial charge in [0.05, 0.1) is 19.6 Å². The Bertz CT molecular complexity index is 659. The topological polar surface area (TPSA) is 76.1 Å². The van der Waals surface area contributed by atoms with Crippen LogP contribution in [0.2, 0.25) is 0 Å². The maximum absolute atomic E-state index is 12.9. The summed E-state index contributed by atoms with van der Waals surface area (Å²) in [6.45, 7) is 1.53. The Balaban J connectivity index is 1.81. The number of methoxy groups -OCH3 is 1. The second kappa shape index (κ2) is 9.43. The van der Waals surface area contributed by atoms with Gasteiger partial charge in [-0.25, -0.2) is 4.98 Å². The van der Waals surface area contributed by atoms with E-state index in [2.05, 4.69) is 15.3 Å². The third-order valence-corrected chi connectivity index (χ3v) is 4.24. The van der Waals surface area contributed by atoms with Crippen molar-refractivity contribution in [3.05, 3.63) is 23.9 Å². The number of hydrogen-bond acceptors (Lipinski definition) is 5. The highest BCUT2D eigenvalue weighted by molar-refractivity contribution is 5.80. The third kappa shape index (κ3) is 5.73. The number of piperidine rings is 1. The van der Waals surface area contributed by atoms with Crippen molar-refractivity contribution in [3.63, 3.8) is 0 Å². The predicted molar refractivity (Wildman–Crippen MR) is 92.4 cm³/mol. The van der Waals surface area contributed by atoms with Gasteiger partial charge in [0.1, 0.15) is 12.2 Å². The molecule has 1 N–H and O–H groups in total. The molecule has 0 bridgehead atoms. The van der Waals surface area contributed by atoms with E-state index >= 15 is 0 Å². The highest BCUT2D eigenvalue weighted by Gasteiger charge is 2.35. The molecule has 0 amide bonds. The van der Waals surface area contributed by atoms with E-state index in [-0.39, 0.29) is 25.0 Å². The maximum atomic E-state index is 12.9. The summed E-state index contributed by atoms with van der Waals surface area (Å²) in [5.41, 5.74) is -0.903. The monoisotopic (exact) mass is 388 g/mol. The lowest BCUT2D eigenvalue weighted by Crippen LogP contribution is -2.47. The van der Waals surface area contributed by atoms with E-state index < -0.39 is 17.6 Å². The average molecular weight is 388 g/mol. The van der Waals surface area contributed by atoms with Crippen LogP contribution >= 0.6 is 0 Å². The minimum Gasteiger partial charge on any atom is -0.475 e. The Morgan fingerprint density at radius 2 is 2.11 bits per heavy atom. The van der Waals surface area contributed by atoms with Crippen molar-refractivity contribution in [2.45, 2.75) is 19.0 Å². The molecule has 150 valence electrons.